The van der Waals surface area contributed by atoms with E-state index in [-0.39, 0.29) is 24.4 Å². The van der Waals surface area contributed by atoms with Gasteiger partial charge in [0.1, 0.15) is 0 Å². The van der Waals surface area contributed by atoms with Crippen molar-refractivity contribution >= 4 is 29.7 Å². The maximum Gasteiger partial charge on any atom is 0.234 e. The molecule has 2 rings (SSSR count). The van der Waals surface area contributed by atoms with Gasteiger partial charge in [0.2, 0.25) is 5.91 Å². The third-order valence-electron chi connectivity index (χ3n) is 3.41. The Bertz CT molecular complexity index is 436. The summed E-state index contributed by atoms with van der Waals surface area (Å²) in [7, 11) is 1.78. The highest BCUT2D eigenvalue weighted by Crippen LogP contribution is 2.27. The van der Waals surface area contributed by atoms with Gasteiger partial charge in [0, 0.05) is 29.4 Å². The molecular formula is C14H24ClN3O2S. The summed E-state index contributed by atoms with van der Waals surface area (Å²) in [6.45, 7) is 6.51. The molecule has 5 nitrogen and oxygen atoms in total. The number of thiophene rings is 1. The topological polar surface area (TPSA) is 53.6 Å². The molecule has 1 saturated heterocycles. The van der Waals surface area contributed by atoms with E-state index in [2.05, 4.69) is 34.6 Å². The van der Waals surface area contributed by atoms with Crippen molar-refractivity contribution < 1.29 is 9.53 Å². The van der Waals surface area contributed by atoms with Crippen LogP contribution in [0.4, 0.5) is 0 Å². The van der Waals surface area contributed by atoms with Crippen LogP contribution in [0.15, 0.2) is 12.1 Å². The molecule has 1 aromatic heterocycles. The number of aryl methyl sites for hydroxylation is 1. The van der Waals surface area contributed by atoms with Gasteiger partial charge < -0.3 is 15.4 Å². The first kappa shape index (κ1) is 18.4. The van der Waals surface area contributed by atoms with Crippen LogP contribution in [0.1, 0.15) is 15.8 Å². The predicted molar refractivity (Wildman–Crippen MR) is 88.4 cm³/mol. The summed E-state index contributed by atoms with van der Waals surface area (Å²) in [6.07, 6.45) is 0. The fourth-order valence-corrected chi connectivity index (χ4v) is 3.38. The SMILES string of the molecule is CNCC(=O)NCC(c1ccc(C)s1)N1CCOCC1.Cl. The standard InChI is InChI=1S/C14H23N3O2S.ClH/c1-11-3-4-13(20-11)12(9-16-14(18)10-15-2)17-5-7-19-8-6-17;/h3-4,12,15H,5-10H2,1-2H3,(H,16,18);1H. The average molecular weight is 334 g/mol. The van der Waals surface area contributed by atoms with Gasteiger partial charge in [0.05, 0.1) is 25.8 Å². The molecule has 120 valence electrons. The monoisotopic (exact) mass is 333 g/mol. The van der Waals surface area contributed by atoms with Crippen LogP contribution in [-0.4, -0.2) is 57.2 Å². The van der Waals surface area contributed by atoms with Crippen LogP contribution < -0.4 is 10.6 Å². The predicted octanol–water partition coefficient (Wildman–Crippen LogP) is 1.19. The highest BCUT2D eigenvalue weighted by molar-refractivity contribution is 7.12. The van der Waals surface area contributed by atoms with Gasteiger partial charge in [-0.15, -0.1) is 23.7 Å². The third-order valence-corrected chi connectivity index (χ3v) is 4.51. The number of hydrogen-bond acceptors (Lipinski definition) is 5. The first-order chi connectivity index (χ1) is 9.70. The Labute approximate surface area is 136 Å². The van der Waals surface area contributed by atoms with Gasteiger partial charge in [0.15, 0.2) is 0 Å². The Hall–Kier alpha value is -0.660. The van der Waals surface area contributed by atoms with Crippen LogP contribution in [0.5, 0.6) is 0 Å². The number of carbonyl (C=O) groups excluding carboxylic acids is 1. The molecule has 1 amide bonds. The maximum atomic E-state index is 11.7. The molecule has 21 heavy (non-hydrogen) atoms. The fourth-order valence-electron chi connectivity index (χ4n) is 2.36. The summed E-state index contributed by atoms with van der Waals surface area (Å²) in [5.74, 6) is 0.0408. The summed E-state index contributed by atoms with van der Waals surface area (Å²) >= 11 is 1.81. The minimum Gasteiger partial charge on any atom is -0.379 e. The van der Waals surface area contributed by atoms with Crippen molar-refractivity contribution in [1.82, 2.24) is 15.5 Å². The normalized spacial score (nSPS) is 17.0. The number of halogens is 1. The summed E-state index contributed by atoms with van der Waals surface area (Å²) in [4.78, 5) is 16.7. The Morgan fingerprint density at radius 2 is 2.14 bits per heavy atom. The molecule has 1 unspecified atom stereocenters. The minimum atomic E-state index is 0. The Kier molecular flexibility index (Phi) is 8.21. The number of amides is 1. The average Bonchev–Trinajstić information content (AvgIpc) is 2.87. The highest BCUT2D eigenvalue weighted by atomic mass is 35.5. The van der Waals surface area contributed by atoms with Crippen molar-refractivity contribution in [1.29, 1.82) is 0 Å². The van der Waals surface area contributed by atoms with E-state index >= 15 is 0 Å². The lowest BCUT2D eigenvalue weighted by Gasteiger charge is -2.34. The van der Waals surface area contributed by atoms with E-state index in [1.165, 1.54) is 9.75 Å². The van der Waals surface area contributed by atoms with E-state index < -0.39 is 0 Å². The van der Waals surface area contributed by atoms with E-state index in [4.69, 9.17) is 4.74 Å². The molecule has 2 heterocycles. The van der Waals surface area contributed by atoms with Crippen molar-refractivity contribution in [3.63, 3.8) is 0 Å². The van der Waals surface area contributed by atoms with Crippen LogP contribution in [0.3, 0.4) is 0 Å². The van der Waals surface area contributed by atoms with E-state index in [1.807, 2.05) is 0 Å². The summed E-state index contributed by atoms with van der Waals surface area (Å²) < 4.78 is 5.42. The number of morpholine rings is 1. The largest absolute Gasteiger partial charge is 0.379 e. The second kappa shape index (κ2) is 9.38. The Morgan fingerprint density at radius 1 is 1.43 bits per heavy atom. The molecule has 7 heteroatoms. The van der Waals surface area contributed by atoms with Crippen LogP contribution in [0.2, 0.25) is 0 Å². The summed E-state index contributed by atoms with van der Waals surface area (Å²) in [5, 5.41) is 5.88. The number of carbonyl (C=O) groups is 1. The smallest absolute Gasteiger partial charge is 0.234 e. The van der Waals surface area contributed by atoms with Gasteiger partial charge in [-0.05, 0) is 26.1 Å². The second-order valence-corrected chi connectivity index (χ2v) is 6.27. The zero-order valence-corrected chi connectivity index (χ0v) is 14.2. The maximum absolute atomic E-state index is 11.7. The first-order valence-electron chi connectivity index (χ1n) is 7.00. The van der Waals surface area contributed by atoms with Crippen molar-refractivity contribution in [3.8, 4) is 0 Å². The van der Waals surface area contributed by atoms with E-state index in [1.54, 1.807) is 18.4 Å². The molecule has 0 aromatic carbocycles. The molecule has 1 aliphatic rings. The Morgan fingerprint density at radius 3 is 2.71 bits per heavy atom. The number of rotatable bonds is 6. The van der Waals surface area contributed by atoms with Crippen LogP contribution in [-0.2, 0) is 9.53 Å². The molecule has 2 N–H and O–H groups in total. The molecule has 1 aliphatic heterocycles. The first-order valence-corrected chi connectivity index (χ1v) is 7.82. The fraction of sp³-hybridized carbons (Fsp3) is 0.643. The van der Waals surface area contributed by atoms with Crippen molar-refractivity contribution in [3.05, 3.63) is 21.9 Å². The zero-order valence-electron chi connectivity index (χ0n) is 12.6. The zero-order chi connectivity index (χ0) is 14.4. The second-order valence-electron chi connectivity index (χ2n) is 4.95. The number of likely N-dealkylation sites (N-methyl/N-ethyl adjacent to an activating group) is 1. The van der Waals surface area contributed by atoms with Crippen LogP contribution >= 0.6 is 23.7 Å². The summed E-state index contributed by atoms with van der Waals surface area (Å²) in [6, 6.07) is 4.56. The molecule has 0 spiro atoms. The van der Waals surface area contributed by atoms with Gasteiger partial charge in [-0.1, -0.05) is 0 Å². The number of hydrogen-bond donors (Lipinski definition) is 2. The molecular weight excluding hydrogens is 310 g/mol. The van der Waals surface area contributed by atoms with E-state index in [0.717, 1.165) is 26.3 Å². The third kappa shape index (κ3) is 5.56. The summed E-state index contributed by atoms with van der Waals surface area (Å²) in [5.41, 5.74) is 0. The quantitative estimate of drug-likeness (QED) is 0.821. The van der Waals surface area contributed by atoms with Gasteiger partial charge in [-0.25, -0.2) is 0 Å². The number of nitrogens with one attached hydrogen (secondary N) is 2. The van der Waals surface area contributed by atoms with Crippen molar-refractivity contribution in [2.75, 3.05) is 46.4 Å². The lowest BCUT2D eigenvalue weighted by atomic mass is 10.2. The highest BCUT2D eigenvalue weighted by Gasteiger charge is 2.24. The molecule has 0 radical (unpaired) electrons. The van der Waals surface area contributed by atoms with Gasteiger partial charge in [-0.2, -0.15) is 0 Å². The van der Waals surface area contributed by atoms with Crippen LogP contribution in [0.25, 0.3) is 0 Å². The minimum absolute atomic E-state index is 0. The van der Waals surface area contributed by atoms with E-state index in [9.17, 15) is 4.79 Å². The lowest BCUT2D eigenvalue weighted by Crippen LogP contribution is -2.44. The van der Waals surface area contributed by atoms with Crippen molar-refractivity contribution in [2.24, 2.45) is 0 Å². The molecule has 0 bridgehead atoms. The van der Waals surface area contributed by atoms with Gasteiger partial charge in [0.25, 0.3) is 0 Å². The van der Waals surface area contributed by atoms with Gasteiger partial charge in [-0.3, -0.25) is 9.69 Å². The molecule has 1 atom stereocenters. The lowest BCUT2D eigenvalue weighted by molar-refractivity contribution is -0.120. The van der Waals surface area contributed by atoms with Gasteiger partial charge >= 0.3 is 0 Å². The van der Waals surface area contributed by atoms with E-state index in [0.29, 0.717) is 13.1 Å². The molecule has 1 aromatic rings. The molecule has 0 aliphatic carbocycles. The van der Waals surface area contributed by atoms with Crippen molar-refractivity contribution in [2.45, 2.75) is 13.0 Å². The number of nitrogens with zero attached hydrogens (tertiary/aromatic N) is 1. The van der Waals surface area contributed by atoms with Crippen LogP contribution in [0, 0.1) is 6.92 Å². The number of ether oxygens (including phenoxy) is 1. The molecule has 1 fully saturated rings. The molecule has 0 saturated carbocycles. The Balaban J connectivity index is 0.00000220.